The number of fused-ring (bicyclic) bond motifs is 3. The smallest absolute Gasteiger partial charge is 0.289 e. The van der Waals surface area contributed by atoms with Crippen LogP contribution >= 0.6 is 23.5 Å². The molecule has 2 aromatic carbocycles. The fourth-order valence-corrected chi connectivity index (χ4v) is 4.74. The lowest BCUT2D eigenvalue weighted by Gasteiger charge is -2.11. The van der Waals surface area contributed by atoms with Gasteiger partial charge in [-0.05, 0) is 29.8 Å². The van der Waals surface area contributed by atoms with Gasteiger partial charge in [0, 0.05) is 12.3 Å². The highest BCUT2D eigenvalue weighted by molar-refractivity contribution is 7.99. The van der Waals surface area contributed by atoms with Crippen molar-refractivity contribution in [2.24, 2.45) is 0 Å². The van der Waals surface area contributed by atoms with E-state index < -0.39 is 5.76 Å². The molecule has 0 spiro atoms. The van der Waals surface area contributed by atoms with Crippen LogP contribution in [0.15, 0.2) is 70.0 Å². The number of nitrogens with zero attached hydrogens (tertiary/aromatic N) is 4. The monoisotopic (exact) mass is 460 g/mol. The first kappa shape index (κ1) is 21.4. The maximum absolute atomic E-state index is 12.9. The zero-order valence-corrected chi connectivity index (χ0v) is 18.1. The minimum atomic E-state index is -2.52. The van der Waals surface area contributed by atoms with Gasteiger partial charge in [0.2, 0.25) is 5.78 Å². The van der Waals surface area contributed by atoms with Crippen LogP contribution in [0.2, 0.25) is 0 Å². The van der Waals surface area contributed by atoms with Gasteiger partial charge in [-0.3, -0.25) is 13.8 Å². The zero-order valence-electron chi connectivity index (χ0n) is 16.5. The summed E-state index contributed by atoms with van der Waals surface area (Å²) in [6.07, 6.45) is 1.64. The molecule has 6 nitrogen and oxygen atoms in total. The van der Waals surface area contributed by atoms with Crippen LogP contribution in [0.25, 0.3) is 16.7 Å². The minimum absolute atomic E-state index is 0.149. The molecule has 160 valence electrons. The summed E-state index contributed by atoms with van der Waals surface area (Å²) < 4.78 is 34.1. The van der Waals surface area contributed by atoms with E-state index in [2.05, 4.69) is 16.8 Å². The quantitative estimate of drug-likeness (QED) is 0.277. The highest BCUT2D eigenvalue weighted by Gasteiger charge is 2.17. The van der Waals surface area contributed by atoms with Gasteiger partial charge in [-0.25, -0.2) is 0 Å². The van der Waals surface area contributed by atoms with Crippen LogP contribution in [0.1, 0.15) is 5.56 Å². The Morgan fingerprint density at radius 1 is 1.23 bits per heavy atom. The summed E-state index contributed by atoms with van der Waals surface area (Å²) in [6, 6.07) is 12.5. The van der Waals surface area contributed by atoms with Crippen LogP contribution in [0.4, 0.5) is 8.78 Å². The average Bonchev–Trinajstić information content (AvgIpc) is 3.19. The molecule has 0 aliphatic carbocycles. The summed E-state index contributed by atoms with van der Waals surface area (Å²) >= 11 is 1.89. The number of hydrogen-bond donors (Lipinski definition) is 0. The Morgan fingerprint density at radius 3 is 2.77 bits per heavy atom. The molecule has 2 heterocycles. The molecule has 0 fully saturated rings. The second kappa shape index (κ2) is 9.11. The lowest BCUT2D eigenvalue weighted by molar-refractivity contribution is 0.251. The molecule has 0 atom stereocenters. The third-order valence-electron chi connectivity index (χ3n) is 4.60. The van der Waals surface area contributed by atoms with Gasteiger partial charge >= 0.3 is 0 Å². The van der Waals surface area contributed by atoms with Crippen molar-refractivity contribution < 1.29 is 13.5 Å². The first-order valence-corrected chi connectivity index (χ1v) is 11.1. The molecule has 31 heavy (non-hydrogen) atoms. The normalized spacial score (nSPS) is 11.5. The van der Waals surface area contributed by atoms with E-state index in [1.165, 1.54) is 23.4 Å². The second-order valence-electron chi connectivity index (χ2n) is 6.49. The van der Waals surface area contributed by atoms with Crippen molar-refractivity contribution in [1.82, 2.24) is 19.2 Å². The molecule has 0 N–H and O–H groups in total. The molecule has 0 radical (unpaired) electrons. The molecule has 0 saturated carbocycles. The summed E-state index contributed by atoms with van der Waals surface area (Å²) in [4.78, 5) is 13.2. The molecule has 10 heteroatoms. The molecular weight excluding hydrogens is 442 g/mol. The fourth-order valence-electron chi connectivity index (χ4n) is 3.26. The first-order valence-electron chi connectivity index (χ1n) is 9.25. The number of halogens is 2. The number of methoxy groups -OCH3 is 1. The SMILES string of the molecule is C=CCn1c(=O)c2ccccc2n2c(SCc3ccc(SC(F)F)c(OC)c3)nnc12. The molecule has 0 unspecified atom stereocenters. The van der Waals surface area contributed by atoms with Crippen LogP contribution in [-0.4, -0.2) is 32.0 Å². The predicted octanol–water partition coefficient (Wildman–Crippen LogP) is 4.85. The summed E-state index contributed by atoms with van der Waals surface area (Å²) in [5.74, 6) is -1.16. The Kier molecular flexibility index (Phi) is 6.28. The highest BCUT2D eigenvalue weighted by atomic mass is 32.2. The van der Waals surface area contributed by atoms with E-state index in [9.17, 15) is 13.6 Å². The van der Waals surface area contributed by atoms with Gasteiger partial charge < -0.3 is 4.74 Å². The van der Waals surface area contributed by atoms with Crippen molar-refractivity contribution in [3.63, 3.8) is 0 Å². The second-order valence-corrected chi connectivity index (χ2v) is 8.47. The van der Waals surface area contributed by atoms with E-state index in [0.29, 0.717) is 51.0 Å². The largest absolute Gasteiger partial charge is 0.496 e. The number of allylic oxidation sites excluding steroid dienone is 1. The van der Waals surface area contributed by atoms with E-state index in [1.54, 1.807) is 30.3 Å². The maximum Gasteiger partial charge on any atom is 0.289 e. The van der Waals surface area contributed by atoms with Gasteiger partial charge in [-0.2, -0.15) is 8.78 Å². The van der Waals surface area contributed by atoms with E-state index in [0.717, 1.165) is 11.1 Å². The molecule has 0 amide bonds. The highest BCUT2D eigenvalue weighted by Crippen LogP contribution is 2.35. The Labute approximate surface area is 184 Å². The third kappa shape index (κ3) is 4.17. The molecule has 2 aromatic heterocycles. The van der Waals surface area contributed by atoms with Crippen LogP contribution in [0.3, 0.4) is 0 Å². The first-order chi connectivity index (χ1) is 15.0. The minimum Gasteiger partial charge on any atom is -0.496 e. The molecule has 4 rings (SSSR count). The Morgan fingerprint density at radius 2 is 2.03 bits per heavy atom. The van der Waals surface area contributed by atoms with Gasteiger partial charge in [-0.1, -0.05) is 47.8 Å². The van der Waals surface area contributed by atoms with Crippen molar-refractivity contribution in [3.8, 4) is 5.75 Å². The van der Waals surface area contributed by atoms with E-state index in [1.807, 2.05) is 22.6 Å². The van der Waals surface area contributed by atoms with Gasteiger partial charge in [0.1, 0.15) is 5.75 Å². The van der Waals surface area contributed by atoms with Crippen LogP contribution in [-0.2, 0) is 12.3 Å². The molecule has 0 aliphatic heterocycles. The summed E-state index contributed by atoms with van der Waals surface area (Å²) in [6.45, 7) is 4.04. The van der Waals surface area contributed by atoms with E-state index >= 15 is 0 Å². The number of aromatic nitrogens is 4. The fraction of sp³-hybridized carbons (Fsp3) is 0.190. The number of para-hydroxylation sites is 1. The van der Waals surface area contributed by atoms with Gasteiger partial charge in [0.15, 0.2) is 5.16 Å². The Bertz CT molecular complexity index is 1320. The Balaban J connectivity index is 1.72. The summed E-state index contributed by atoms with van der Waals surface area (Å²) in [5.41, 5.74) is 1.46. The summed E-state index contributed by atoms with van der Waals surface area (Å²) in [5, 5.41) is 9.71. The maximum atomic E-state index is 12.9. The Hall–Kier alpha value is -2.85. The average molecular weight is 461 g/mol. The van der Waals surface area contributed by atoms with Gasteiger partial charge in [0.25, 0.3) is 11.3 Å². The molecule has 0 bridgehead atoms. The molecular formula is C21H18F2N4O2S2. The lowest BCUT2D eigenvalue weighted by Crippen LogP contribution is -2.22. The number of alkyl halides is 2. The van der Waals surface area contributed by atoms with E-state index in [4.69, 9.17) is 4.74 Å². The molecule has 0 saturated heterocycles. The third-order valence-corrected chi connectivity index (χ3v) is 6.37. The van der Waals surface area contributed by atoms with Crippen LogP contribution < -0.4 is 10.3 Å². The molecule has 0 aliphatic rings. The van der Waals surface area contributed by atoms with Crippen molar-refractivity contribution in [2.75, 3.05) is 7.11 Å². The lowest BCUT2D eigenvalue weighted by atomic mass is 10.2. The van der Waals surface area contributed by atoms with Crippen molar-refractivity contribution >= 4 is 40.2 Å². The van der Waals surface area contributed by atoms with Crippen molar-refractivity contribution in [3.05, 3.63) is 71.0 Å². The number of rotatable bonds is 8. The van der Waals surface area contributed by atoms with Crippen molar-refractivity contribution in [1.29, 1.82) is 0 Å². The zero-order chi connectivity index (χ0) is 22.0. The number of benzene rings is 2. The van der Waals surface area contributed by atoms with Gasteiger partial charge in [-0.15, -0.1) is 16.8 Å². The summed E-state index contributed by atoms with van der Waals surface area (Å²) in [7, 11) is 1.46. The predicted molar refractivity (Wildman–Crippen MR) is 119 cm³/mol. The van der Waals surface area contributed by atoms with Crippen molar-refractivity contribution in [2.45, 2.75) is 28.1 Å². The standard InChI is InChI=1S/C21H18F2N4O2S2/c1-3-10-26-18(28)14-6-4-5-7-15(14)27-20(26)24-25-21(27)30-12-13-8-9-17(31-19(22)23)16(11-13)29-2/h3-9,11,19H,1,10,12H2,2H3. The van der Waals surface area contributed by atoms with Crippen LogP contribution in [0.5, 0.6) is 5.75 Å². The van der Waals surface area contributed by atoms with Crippen LogP contribution in [0, 0.1) is 0 Å². The van der Waals surface area contributed by atoms with E-state index in [-0.39, 0.29) is 5.56 Å². The number of thioether (sulfide) groups is 2. The number of ether oxygens (including phenoxy) is 1. The molecule has 4 aromatic rings. The van der Waals surface area contributed by atoms with Gasteiger partial charge in [0.05, 0.1) is 22.9 Å². The topological polar surface area (TPSA) is 61.4 Å². The number of hydrogen-bond acceptors (Lipinski definition) is 6.